The molecule has 1 N–H and O–H groups in total. The predicted octanol–water partition coefficient (Wildman–Crippen LogP) is 2.44. The lowest BCUT2D eigenvalue weighted by Crippen LogP contribution is -2.60. The fourth-order valence-electron chi connectivity index (χ4n) is 3.98. The van der Waals surface area contributed by atoms with Crippen molar-refractivity contribution in [2.24, 2.45) is 5.10 Å². The molecule has 28 heavy (non-hydrogen) atoms. The van der Waals surface area contributed by atoms with E-state index < -0.39 is 6.04 Å². The highest BCUT2D eigenvalue weighted by molar-refractivity contribution is 5.97. The molecule has 6 nitrogen and oxygen atoms in total. The second-order valence-corrected chi connectivity index (χ2v) is 7.06. The summed E-state index contributed by atoms with van der Waals surface area (Å²) in [6.07, 6.45) is 1.86. The van der Waals surface area contributed by atoms with Gasteiger partial charge >= 0.3 is 0 Å². The van der Waals surface area contributed by atoms with Gasteiger partial charge in [0.15, 0.2) is 0 Å². The van der Waals surface area contributed by atoms with E-state index in [2.05, 4.69) is 10.1 Å². The number of hydrogen-bond acceptors (Lipinski definition) is 3. The van der Waals surface area contributed by atoms with E-state index in [9.17, 15) is 14.0 Å². The lowest BCUT2D eigenvalue weighted by Gasteiger charge is -2.40. The van der Waals surface area contributed by atoms with Gasteiger partial charge in [-0.3, -0.25) is 9.59 Å². The van der Waals surface area contributed by atoms with Gasteiger partial charge in [0, 0.05) is 23.0 Å². The van der Waals surface area contributed by atoms with Gasteiger partial charge in [-0.05, 0) is 29.3 Å². The number of nitrogens with one attached hydrogen (secondary N) is 1. The number of carbonyl (C=O) groups excluding carboxylic acids is 2. The lowest BCUT2D eigenvalue weighted by atomic mass is 9.94. The third-order valence-electron chi connectivity index (χ3n) is 5.34. The molecule has 0 radical (unpaired) electrons. The second-order valence-electron chi connectivity index (χ2n) is 7.06. The fraction of sp³-hybridized carbons (Fsp3) is 0.190. The first-order chi connectivity index (χ1) is 13.6. The Bertz CT molecular complexity index is 1140. The third-order valence-corrected chi connectivity index (χ3v) is 5.34. The van der Waals surface area contributed by atoms with Crippen molar-refractivity contribution in [1.29, 1.82) is 0 Å². The molecule has 3 heterocycles. The minimum absolute atomic E-state index is 0.114. The Morgan fingerprint density at radius 2 is 1.96 bits per heavy atom. The van der Waals surface area contributed by atoms with Gasteiger partial charge in [0.05, 0.1) is 12.8 Å². The van der Waals surface area contributed by atoms with E-state index in [0.717, 1.165) is 22.2 Å². The molecule has 2 aliphatic rings. The summed E-state index contributed by atoms with van der Waals surface area (Å²) in [4.78, 5) is 30.6. The number of halogens is 1. The van der Waals surface area contributed by atoms with Gasteiger partial charge in [0.1, 0.15) is 18.4 Å². The number of para-hydroxylation sites is 1. The van der Waals surface area contributed by atoms with Crippen LogP contribution in [-0.2, 0) is 22.6 Å². The minimum atomic E-state index is -0.572. The van der Waals surface area contributed by atoms with E-state index in [1.165, 1.54) is 23.4 Å². The zero-order valence-corrected chi connectivity index (χ0v) is 14.9. The Kier molecular flexibility index (Phi) is 3.75. The maximum Gasteiger partial charge on any atom is 0.266 e. The molecule has 140 valence electrons. The van der Waals surface area contributed by atoms with Gasteiger partial charge < -0.3 is 9.88 Å². The SMILES string of the molecule is O=C1[C@@H]2Cc3c([nH]c4ccccc34)CN2C(=O)CN1/N=C\c1cccc(F)c1. The van der Waals surface area contributed by atoms with Crippen molar-refractivity contribution < 1.29 is 14.0 Å². The lowest BCUT2D eigenvalue weighted by molar-refractivity contribution is -0.157. The monoisotopic (exact) mass is 376 g/mol. The van der Waals surface area contributed by atoms with Crippen LogP contribution >= 0.6 is 0 Å². The summed E-state index contributed by atoms with van der Waals surface area (Å²) in [5.74, 6) is -0.746. The predicted molar refractivity (Wildman–Crippen MR) is 102 cm³/mol. The summed E-state index contributed by atoms with van der Waals surface area (Å²) in [6.45, 7) is 0.275. The second kappa shape index (κ2) is 6.30. The van der Waals surface area contributed by atoms with Crippen LogP contribution in [0.2, 0.25) is 0 Å². The average Bonchev–Trinajstić information content (AvgIpc) is 3.06. The highest BCUT2D eigenvalue weighted by Crippen LogP contribution is 2.32. The zero-order chi connectivity index (χ0) is 19.3. The van der Waals surface area contributed by atoms with Gasteiger partial charge in [-0.1, -0.05) is 30.3 Å². The number of nitrogens with zero attached hydrogens (tertiary/aromatic N) is 3. The number of piperazine rings is 1. The van der Waals surface area contributed by atoms with Crippen molar-refractivity contribution in [3.05, 3.63) is 71.2 Å². The van der Waals surface area contributed by atoms with Crippen molar-refractivity contribution in [2.75, 3.05) is 6.54 Å². The van der Waals surface area contributed by atoms with Crippen LogP contribution < -0.4 is 0 Å². The van der Waals surface area contributed by atoms with Crippen molar-refractivity contribution in [2.45, 2.75) is 19.0 Å². The molecule has 1 aromatic heterocycles. The molecule has 0 aliphatic carbocycles. The van der Waals surface area contributed by atoms with Gasteiger partial charge in [-0.15, -0.1) is 0 Å². The van der Waals surface area contributed by atoms with Crippen molar-refractivity contribution in [1.82, 2.24) is 14.9 Å². The van der Waals surface area contributed by atoms with Gasteiger partial charge in [0.2, 0.25) is 5.91 Å². The minimum Gasteiger partial charge on any atom is -0.357 e. The van der Waals surface area contributed by atoms with Crippen LogP contribution in [-0.4, -0.2) is 45.5 Å². The summed E-state index contributed by atoms with van der Waals surface area (Å²) in [5.41, 5.74) is 3.60. The van der Waals surface area contributed by atoms with Gasteiger partial charge in [0.25, 0.3) is 5.91 Å². The number of carbonyl (C=O) groups is 2. The van der Waals surface area contributed by atoms with Crippen LogP contribution in [0.3, 0.4) is 0 Å². The molecule has 2 aliphatic heterocycles. The Labute approximate surface area is 160 Å². The van der Waals surface area contributed by atoms with Crippen molar-refractivity contribution >= 4 is 28.9 Å². The molecule has 2 aromatic carbocycles. The fourth-order valence-corrected chi connectivity index (χ4v) is 3.98. The first-order valence-electron chi connectivity index (χ1n) is 9.09. The first kappa shape index (κ1) is 16.7. The number of fused-ring (bicyclic) bond motifs is 4. The number of benzene rings is 2. The Balaban J connectivity index is 1.45. The van der Waals surface area contributed by atoms with E-state index in [0.29, 0.717) is 18.5 Å². The molecule has 7 heteroatoms. The van der Waals surface area contributed by atoms with E-state index in [1.807, 2.05) is 24.3 Å². The Morgan fingerprint density at radius 3 is 2.82 bits per heavy atom. The Hall–Kier alpha value is -3.48. The molecule has 3 aromatic rings. The van der Waals surface area contributed by atoms with E-state index in [1.54, 1.807) is 17.0 Å². The molecule has 1 atom stereocenters. The molecule has 2 amide bonds. The maximum atomic E-state index is 13.3. The Morgan fingerprint density at radius 1 is 1.11 bits per heavy atom. The quantitative estimate of drug-likeness (QED) is 0.698. The standard InChI is InChI=1S/C21H17FN4O2/c22-14-5-3-4-13(8-14)10-23-26-12-20(27)25-11-18-16(9-19(25)21(26)28)15-6-1-2-7-17(15)24-18/h1-8,10,19,24H,9,11-12H2/b23-10-/t19-/m0/s1. The highest BCUT2D eigenvalue weighted by atomic mass is 19.1. The van der Waals surface area contributed by atoms with Crippen molar-refractivity contribution in [3.8, 4) is 0 Å². The van der Waals surface area contributed by atoms with E-state index >= 15 is 0 Å². The number of hydrogen-bond donors (Lipinski definition) is 1. The van der Waals surface area contributed by atoms with Gasteiger partial charge in [-0.2, -0.15) is 5.10 Å². The first-order valence-corrected chi connectivity index (χ1v) is 9.09. The number of aromatic nitrogens is 1. The molecule has 0 saturated carbocycles. The smallest absolute Gasteiger partial charge is 0.266 e. The zero-order valence-electron chi connectivity index (χ0n) is 14.9. The normalized spacial score (nSPS) is 19.4. The summed E-state index contributed by atoms with van der Waals surface area (Å²) in [5, 5.41) is 6.43. The van der Waals surface area contributed by atoms with Crippen LogP contribution in [0.4, 0.5) is 4.39 Å². The number of hydrazone groups is 1. The van der Waals surface area contributed by atoms with Gasteiger partial charge in [-0.25, -0.2) is 9.40 Å². The summed E-state index contributed by atoms with van der Waals surface area (Å²) in [6, 6.07) is 13.3. The molecule has 1 saturated heterocycles. The third kappa shape index (κ3) is 2.67. The van der Waals surface area contributed by atoms with Crippen molar-refractivity contribution in [3.63, 3.8) is 0 Å². The molecular formula is C21H17FN4O2. The van der Waals surface area contributed by atoms with Crippen LogP contribution in [0, 0.1) is 5.82 Å². The largest absolute Gasteiger partial charge is 0.357 e. The topological polar surface area (TPSA) is 68.8 Å². The highest BCUT2D eigenvalue weighted by Gasteiger charge is 2.43. The van der Waals surface area contributed by atoms with E-state index in [4.69, 9.17) is 0 Å². The molecule has 1 fully saturated rings. The van der Waals surface area contributed by atoms with E-state index in [-0.39, 0.29) is 24.2 Å². The molecule has 0 unspecified atom stereocenters. The number of rotatable bonds is 2. The summed E-state index contributed by atoms with van der Waals surface area (Å²) >= 11 is 0. The maximum absolute atomic E-state index is 13.3. The summed E-state index contributed by atoms with van der Waals surface area (Å²) < 4.78 is 13.3. The van der Waals surface area contributed by atoms with Crippen LogP contribution in [0.5, 0.6) is 0 Å². The molecule has 0 spiro atoms. The molecule has 0 bridgehead atoms. The molecular weight excluding hydrogens is 359 g/mol. The molecule has 5 rings (SSSR count). The number of H-pyrrole nitrogens is 1. The van der Waals surface area contributed by atoms with Crippen LogP contribution in [0.1, 0.15) is 16.8 Å². The van der Waals surface area contributed by atoms with Crippen LogP contribution in [0.15, 0.2) is 53.6 Å². The number of amides is 2. The summed E-state index contributed by atoms with van der Waals surface area (Å²) in [7, 11) is 0. The number of aromatic amines is 1. The average molecular weight is 376 g/mol. The van der Waals surface area contributed by atoms with Crippen LogP contribution in [0.25, 0.3) is 10.9 Å².